The number of aliphatic carboxylic acids is 3. The van der Waals surface area contributed by atoms with Gasteiger partial charge in [0, 0.05) is 0 Å². The van der Waals surface area contributed by atoms with Crippen molar-refractivity contribution >= 4 is 17.9 Å². The maximum Gasteiger partial charge on any atom is 0.362 e. The number of nitrogens with zero attached hydrogens (tertiary/aromatic N) is 1. The van der Waals surface area contributed by atoms with Gasteiger partial charge in [0.2, 0.25) is 0 Å². The molecule has 0 saturated heterocycles. The normalized spacial score (nSPS) is 15.7. The van der Waals surface area contributed by atoms with Crippen molar-refractivity contribution in [2.24, 2.45) is 0 Å². The molecule has 38 heavy (non-hydrogen) atoms. The maximum absolute atomic E-state index is 11.8. The molecule has 0 spiro atoms. The molecule has 7 nitrogen and oxygen atoms in total. The summed E-state index contributed by atoms with van der Waals surface area (Å²) in [7, 11) is 0. The fraction of sp³-hybridized carbons (Fsp3) is 0.839. The van der Waals surface area contributed by atoms with Crippen molar-refractivity contribution in [3.8, 4) is 0 Å². The Balaban J connectivity index is 4.06. The molecule has 2 N–H and O–H groups in total. The molecule has 0 amide bonds. The van der Waals surface area contributed by atoms with Crippen LogP contribution in [-0.4, -0.2) is 57.3 Å². The average Bonchev–Trinajstić information content (AvgIpc) is 2.88. The van der Waals surface area contributed by atoms with Gasteiger partial charge < -0.3 is 20.1 Å². The third-order valence-electron chi connectivity index (χ3n) is 8.28. The van der Waals surface area contributed by atoms with E-state index in [1.807, 2.05) is 0 Å². The van der Waals surface area contributed by atoms with Gasteiger partial charge >= 0.3 is 11.9 Å². The van der Waals surface area contributed by atoms with E-state index in [1.54, 1.807) is 0 Å². The van der Waals surface area contributed by atoms with Gasteiger partial charge in [0.25, 0.3) is 0 Å². The SMILES string of the molecule is CCCC/C=C/CCCCCCCCCCCCCCCC[N+](C(C)C(=O)[O-])(C(C)C(=O)O)C(C)C(=O)O. The van der Waals surface area contributed by atoms with E-state index in [1.165, 1.54) is 104 Å². The van der Waals surface area contributed by atoms with Gasteiger partial charge in [0.15, 0.2) is 12.1 Å². The highest BCUT2D eigenvalue weighted by Crippen LogP contribution is 2.27. The van der Waals surface area contributed by atoms with Crippen molar-refractivity contribution in [2.75, 3.05) is 6.54 Å². The summed E-state index contributed by atoms with van der Waals surface area (Å²) in [5.74, 6) is -3.81. The van der Waals surface area contributed by atoms with Crippen LogP contribution in [0.3, 0.4) is 0 Å². The molecule has 0 heterocycles. The Hall–Kier alpha value is -1.89. The quantitative estimate of drug-likeness (QED) is 0.0738. The monoisotopic (exact) mass is 539 g/mol. The minimum atomic E-state index is -1.42. The van der Waals surface area contributed by atoms with E-state index in [0.29, 0.717) is 6.42 Å². The summed E-state index contributed by atoms with van der Waals surface area (Å²) in [5.41, 5.74) is 0. The molecule has 0 saturated carbocycles. The molecular weight excluding hydrogens is 482 g/mol. The lowest BCUT2D eigenvalue weighted by atomic mass is 9.99. The molecule has 0 bridgehead atoms. The van der Waals surface area contributed by atoms with Gasteiger partial charge in [-0.05, 0) is 52.9 Å². The van der Waals surface area contributed by atoms with Gasteiger partial charge in [-0.2, -0.15) is 0 Å². The maximum atomic E-state index is 11.8. The van der Waals surface area contributed by atoms with Crippen LogP contribution in [0.2, 0.25) is 0 Å². The first-order valence-electron chi connectivity index (χ1n) is 15.3. The van der Waals surface area contributed by atoms with Crippen LogP contribution in [0, 0.1) is 0 Å². The Morgan fingerprint density at radius 3 is 1.29 bits per heavy atom. The Bertz CT molecular complexity index is 627. The molecule has 0 aliphatic carbocycles. The first-order valence-corrected chi connectivity index (χ1v) is 15.3. The summed E-state index contributed by atoms with van der Waals surface area (Å²) in [6.07, 6.45) is 26.1. The fourth-order valence-corrected chi connectivity index (χ4v) is 5.52. The summed E-state index contributed by atoms with van der Waals surface area (Å²) >= 11 is 0. The number of carbonyl (C=O) groups excluding carboxylic acids is 1. The predicted octanol–water partition coefficient (Wildman–Crippen LogP) is 6.49. The molecule has 0 rings (SSSR count). The molecule has 7 heteroatoms. The molecule has 222 valence electrons. The number of carboxylic acid groups (broad SMARTS) is 3. The Morgan fingerprint density at radius 1 is 0.605 bits per heavy atom. The number of hydrogen-bond acceptors (Lipinski definition) is 4. The van der Waals surface area contributed by atoms with Crippen molar-refractivity contribution in [1.82, 2.24) is 0 Å². The van der Waals surface area contributed by atoms with Gasteiger partial charge in [-0.15, -0.1) is 0 Å². The van der Waals surface area contributed by atoms with Crippen LogP contribution >= 0.6 is 0 Å². The molecular formula is C31H57NO6. The number of quaternary nitrogens is 1. The van der Waals surface area contributed by atoms with E-state index < -0.39 is 40.5 Å². The summed E-state index contributed by atoms with van der Waals surface area (Å²) in [4.78, 5) is 35.3. The zero-order chi connectivity index (χ0) is 28.8. The van der Waals surface area contributed by atoms with Gasteiger partial charge in [-0.25, -0.2) is 9.59 Å². The highest BCUT2D eigenvalue weighted by molar-refractivity contribution is 5.76. The number of unbranched alkanes of at least 4 members (excludes halogenated alkanes) is 16. The van der Waals surface area contributed by atoms with E-state index in [4.69, 9.17) is 0 Å². The number of rotatable bonds is 26. The Kier molecular flexibility index (Phi) is 20.9. The van der Waals surface area contributed by atoms with Gasteiger partial charge in [-0.1, -0.05) is 103 Å². The van der Waals surface area contributed by atoms with Crippen molar-refractivity contribution in [3.05, 3.63) is 12.2 Å². The first-order chi connectivity index (χ1) is 18.1. The number of carbonyl (C=O) groups is 3. The molecule has 3 atom stereocenters. The van der Waals surface area contributed by atoms with Crippen LogP contribution < -0.4 is 5.11 Å². The minimum Gasteiger partial charge on any atom is -0.544 e. The summed E-state index contributed by atoms with van der Waals surface area (Å²) in [5, 5.41) is 30.9. The van der Waals surface area contributed by atoms with Gasteiger partial charge in [0.1, 0.15) is 6.04 Å². The number of hydrogen-bond donors (Lipinski definition) is 2. The lowest BCUT2D eigenvalue weighted by molar-refractivity contribution is -0.969. The highest BCUT2D eigenvalue weighted by atomic mass is 16.4. The zero-order valence-electron chi connectivity index (χ0n) is 24.8. The van der Waals surface area contributed by atoms with E-state index in [2.05, 4.69) is 19.1 Å². The van der Waals surface area contributed by atoms with E-state index in [0.717, 1.165) is 25.7 Å². The summed E-state index contributed by atoms with van der Waals surface area (Å²) < 4.78 is -0.539. The minimum absolute atomic E-state index is 0.186. The van der Waals surface area contributed by atoms with Gasteiger partial charge in [0.05, 0.1) is 12.5 Å². The molecule has 0 aliphatic rings. The second-order valence-corrected chi connectivity index (χ2v) is 11.1. The number of carboxylic acids is 3. The second kappa shape index (κ2) is 22.0. The molecule has 0 fully saturated rings. The van der Waals surface area contributed by atoms with Crippen LogP contribution in [-0.2, 0) is 14.4 Å². The average molecular weight is 540 g/mol. The van der Waals surface area contributed by atoms with Crippen LogP contribution in [0.25, 0.3) is 0 Å². The second-order valence-electron chi connectivity index (χ2n) is 11.1. The van der Waals surface area contributed by atoms with Crippen molar-refractivity contribution in [2.45, 2.75) is 161 Å². The summed E-state index contributed by atoms with van der Waals surface area (Å²) in [6, 6.07) is -3.55. The smallest absolute Gasteiger partial charge is 0.362 e. The lowest BCUT2D eigenvalue weighted by Crippen LogP contribution is -2.72. The van der Waals surface area contributed by atoms with Crippen LogP contribution in [0.4, 0.5) is 0 Å². The Labute approximate surface area is 232 Å². The van der Waals surface area contributed by atoms with E-state index in [9.17, 15) is 29.7 Å². The van der Waals surface area contributed by atoms with Gasteiger partial charge in [-0.3, -0.25) is 4.48 Å². The third-order valence-corrected chi connectivity index (χ3v) is 8.28. The zero-order valence-corrected chi connectivity index (χ0v) is 24.8. The largest absolute Gasteiger partial charge is 0.544 e. The number of allylic oxidation sites excluding steroid dienone is 2. The third kappa shape index (κ3) is 14.3. The molecule has 0 aromatic carbocycles. The molecule has 0 aliphatic heterocycles. The highest BCUT2D eigenvalue weighted by Gasteiger charge is 2.50. The van der Waals surface area contributed by atoms with Crippen molar-refractivity contribution in [1.29, 1.82) is 0 Å². The molecule has 3 unspecified atom stereocenters. The summed E-state index contributed by atoms with van der Waals surface area (Å²) in [6.45, 7) is 6.58. The van der Waals surface area contributed by atoms with E-state index in [-0.39, 0.29) is 6.54 Å². The molecule has 0 radical (unpaired) electrons. The Morgan fingerprint density at radius 2 is 0.947 bits per heavy atom. The van der Waals surface area contributed by atoms with Crippen LogP contribution in [0.15, 0.2) is 12.2 Å². The van der Waals surface area contributed by atoms with E-state index >= 15 is 0 Å². The van der Waals surface area contributed by atoms with Crippen LogP contribution in [0.1, 0.15) is 143 Å². The van der Waals surface area contributed by atoms with Crippen molar-refractivity contribution < 1.29 is 34.2 Å². The fourth-order valence-electron chi connectivity index (χ4n) is 5.52. The topological polar surface area (TPSA) is 115 Å². The standard InChI is InChI=1S/C31H57NO6/c1-5-6-7-8-9-10-11-12-13-14-15-16-17-18-19-20-21-22-23-24-25-32(26(2)29(33)34,27(3)30(35)36)28(4)31(37)38/h8-9,26-28H,5-7,10-25H2,1-4H3,(H2-,33,34,35,36,37,38)/b9-8+. The molecule has 0 aromatic rings. The molecule has 0 aromatic heterocycles. The van der Waals surface area contributed by atoms with Crippen molar-refractivity contribution in [3.63, 3.8) is 0 Å². The first kappa shape index (κ1) is 36.1. The predicted molar refractivity (Wildman–Crippen MR) is 152 cm³/mol. The van der Waals surface area contributed by atoms with Crippen LogP contribution in [0.5, 0.6) is 0 Å². The lowest BCUT2D eigenvalue weighted by Gasteiger charge is -2.49.